The standard InChI is InChI=1S/C19H20N2O4/c1-24-16-8-7-12(9-17(16)25-2)11-20-19(23)14-10-18(22)21-15-6-4-3-5-13(14)15/h3-9,14H,10-11H2,1-2H3,(H,20,23)(H,21,22)/t14-/m0/s1. The van der Waals surface area contributed by atoms with Crippen LogP contribution in [0.4, 0.5) is 5.69 Å². The molecule has 0 aliphatic carbocycles. The average molecular weight is 340 g/mol. The van der Waals surface area contributed by atoms with E-state index in [1.165, 1.54) is 0 Å². The van der Waals surface area contributed by atoms with Gasteiger partial charge in [0.15, 0.2) is 11.5 Å². The summed E-state index contributed by atoms with van der Waals surface area (Å²) in [7, 11) is 3.14. The maximum absolute atomic E-state index is 12.6. The largest absolute Gasteiger partial charge is 0.493 e. The van der Waals surface area contributed by atoms with Gasteiger partial charge in [-0.25, -0.2) is 0 Å². The summed E-state index contributed by atoms with van der Waals surface area (Å²) in [6.07, 6.45) is 0.148. The zero-order valence-corrected chi connectivity index (χ0v) is 14.2. The van der Waals surface area contributed by atoms with Gasteiger partial charge in [-0.1, -0.05) is 24.3 Å². The van der Waals surface area contributed by atoms with Gasteiger partial charge in [0.25, 0.3) is 0 Å². The summed E-state index contributed by atoms with van der Waals surface area (Å²) in [5, 5.41) is 5.70. The first-order valence-corrected chi connectivity index (χ1v) is 7.99. The lowest BCUT2D eigenvalue weighted by atomic mass is 9.90. The fourth-order valence-electron chi connectivity index (χ4n) is 2.95. The molecule has 0 saturated heterocycles. The third-order valence-corrected chi connectivity index (χ3v) is 4.23. The van der Waals surface area contributed by atoms with E-state index >= 15 is 0 Å². The van der Waals surface area contributed by atoms with Crippen LogP contribution in [0.2, 0.25) is 0 Å². The number of nitrogens with one attached hydrogen (secondary N) is 2. The van der Waals surface area contributed by atoms with Crippen molar-refractivity contribution in [2.24, 2.45) is 0 Å². The zero-order chi connectivity index (χ0) is 17.8. The highest BCUT2D eigenvalue weighted by Gasteiger charge is 2.30. The van der Waals surface area contributed by atoms with Crippen LogP contribution in [0.15, 0.2) is 42.5 Å². The second-order valence-corrected chi connectivity index (χ2v) is 5.80. The van der Waals surface area contributed by atoms with Crippen LogP contribution >= 0.6 is 0 Å². The van der Waals surface area contributed by atoms with Crippen molar-refractivity contribution in [2.45, 2.75) is 18.9 Å². The smallest absolute Gasteiger partial charge is 0.228 e. The first-order valence-electron chi connectivity index (χ1n) is 7.99. The molecule has 3 rings (SSSR count). The van der Waals surface area contributed by atoms with Crippen LogP contribution in [0.1, 0.15) is 23.5 Å². The Bertz CT molecular complexity index is 804. The van der Waals surface area contributed by atoms with Crippen molar-refractivity contribution in [3.63, 3.8) is 0 Å². The number of anilines is 1. The van der Waals surface area contributed by atoms with Crippen molar-refractivity contribution in [1.82, 2.24) is 5.32 Å². The summed E-state index contributed by atoms with van der Waals surface area (Å²) in [6, 6.07) is 12.9. The number of methoxy groups -OCH3 is 2. The van der Waals surface area contributed by atoms with Crippen LogP contribution < -0.4 is 20.1 Å². The number of carbonyl (C=O) groups is 2. The quantitative estimate of drug-likeness (QED) is 0.876. The van der Waals surface area contributed by atoms with Crippen molar-refractivity contribution < 1.29 is 19.1 Å². The average Bonchev–Trinajstić information content (AvgIpc) is 2.65. The minimum Gasteiger partial charge on any atom is -0.493 e. The fourth-order valence-corrected chi connectivity index (χ4v) is 2.95. The van der Waals surface area contributed by atoms with Crippen molar-refractivity contribution in [3.8, 4) is 11.5 Å². The highest BCUT2D eigenvalue weighted by Crippen LogP contribution is 2.32. The highest BCUT2D eigenvalue weighted by molar-refractivity contribution is 6.01. The summed E-state index contributed by atoms with van der Waals surface area (Å²) in [4.78, 5) is 24.5. The van der Waals surface area contributed by atoms with Gasteiger partial charge < -0.3 is 20.1 Å². The molecule has 0 aromatic heterocycles. The Balaban J connectivity index is 1.72. The first kappa shape index (κ1) is 16.8. The summed E-state index contributed by atoms with van der Waals surface area (Å²) < 4.78 is 10.5. The number of hydrogen-bond donors (Lipinski definition) is 2. The molecule has 6 heteroatoms. The van der Waals surface area contributed by atoms with E-state index in [0.717, 1.165) is 11.1 Å². The second-order valence-electron chi connectivity index (χ2n) is 5.80. The SMILES string of the molecule is COc1ccc(CNC(=O)[C@H]2CC(=O)Nc3ccccc32)cc1OC. The Hall–Kier alpha value is -3.02. The Morgan fingerprint density at radius 1 is 1.16 bits per heavy atom. The van der Waals surface area contributed by atoms with Gasteiger partial charge in [-0.3, -0.25) is 9.59 Å². The lowest BCUT2D eigenvalue weighted by Gasteiger charge is -2.24. The van der Waals surface area contributed by atoms with Gasteiger partial charge in [0, 0.05) is 18.7 Å². The van der Waals surface area contributed by atoms with E-state index in [1.807, 2.05) is 30.3 Å². The maximum Gasteiger partial charge on any atom is 0.228 e. The molecule has 0 bridgehead atoms. The molecule has 1 aliphatic rings. The molecule has 1 heterocycles. The number of amides is 2. The molecule has 0 saturated carbocycles. The predicted molar refractivity (Wildman–Crippen MR) is 93.8 cm³/mol. The van der Waals surface area contributed by atoms with Crippen LogP contribution in [0, 0.1) is 0 Å². The first-order chi connectivity index (χ1) is 12.1. The molecule has 2 aromatic rings. The number of rotatable bonds is 5. The minimum atomic E-state index is -0.481. The van der Waals surface area contributed by atoms with E-state index in [4.69, 9.17) is 9.47 Å². The Labute approximate surface area is 146 Å². The van der Waals surface area contributed by atoms with E-state index in [9.17, 15) is 9.59 Å². The minimum absolute atomic E-state index is 0.148. The summed E-state index contributed by atoms with van der Waals surface area (Å²) in [6.45, 7) is 0.347. The van der Waals surface area contributed by atoms with Crippen molar-refractivity contribution in [2.75, 3.05) is 19.5 Å². The number of hydrogen-bond acceptors (Lipinski definition) is 4. The summed E-state index contributed by atoms with van der Waals surface area (Å²) in [5.41, 5.74) is 2.43. The molecule has 0 radical (unpaired) electrons. The van der Waals surface area contributed by atoms with Crippen molar-refractivity contribution in [3.05, 3.63) is 53.6 Å². The van der Waals surface area contributed by atoms with Crippen molar-refractivity contribution in [1.29, 1.82) is 0 Å². The molecule has 2 aromatic carbocycles. The van der Waals surface area contributed by atoms with Gasteiger partial charge in [-0.2, -0.15) is 0 Å². The molecule has 0 spiro atoms. The molecule has 0 fully saturated rings. The topological polar surface area (TPSA) is 76.7 Å². The van der Waals surface area contributed by atoms with E-state index < -0.39 is 5.92 Å². The lowest BCUT2D eigenvalue weighted by molar-refractivity contribution is -0.126. The second kappa shape index (κ2) is 7.25. The van der Waals surface area contributed by atoms with Gasteiger partial charge in [-0.05, 0) is 29.3 Å². The highest BCUT2D eigenvalue weighted by atomic mass is 16.5. The van der Waals surface area contributed by atoms with Gasteiger partial charge in [0.05, 0.1) is 20.1 Å². The van der Waals surface area contributed by atoms with Gasteiger partial charge >= 0.3 is 0 Å². The van der Waals surface area contributed by atoms with E-state index in [1.54, 1.807) is 26.4 Å². The predicted octanol–water partition coefficient (Wildman–Crippen LogP) is 2.45. The lowest BCUT2D eigenvalue weighted by Crippen LogP contribution is -2.34. The van der Waals surface area contributed by atoms with Crippen LogP contribution in [-0.2, 0) is 16.1 Å². The Kier molecular flexibility index (Phi) is 4.88. The van der Waals surface area contributed by atoms with Crippen LogP contribution in [0.5, 0.6) is 11.5 Å². The monoisotopic (exact) mass is 340 g/mol. The molecule has 2 amide bonds. The van der Waals surface area contributed by atoms with E-state index in [0.29, 0.717) is 23.7 Å². The van der Waals surface area contributed by atoms with Gasteiger partial charge in [-0.15, -0.1) is 0 Å². The number of fused-ring (bicyclic) bond motifs is 1. The normalized spacial score (nSPS) is 15.8. The Morgan fingerprint density at radius 2 is 1.92 bits per heavy atom. The third kappa shape index (κ3) is 3.57. The zero-order valence-electron chi connectivity index (χ0n) is 14.2. The molecule has 1 aliphatic heterocycles. The van der Waals surface area contributed by atoms with Crippen LogP contribution in [0.25, 0.3) is 0 Å². The van der Waals surface area contributed by atoms with E-state index in [-0.39, 0.29) is 18.2 Å². The molecule has 6 nitrogen and oxygen atoms in total. The molecular weight excluding hydrogens is 320 g/mol. The number of para-hydroxylation sites is 1. The van der Waals surface area contributed by atoms with Gasteiger partial charge in [0.1, 0.15) is 0 Å². The molecule has 130 valence electrons. The number of benzene rings is 2. The number of carbonyl (C=O) groups excluding carboxylic acids is 2. The van der Waals surface area contributed by atoms with Gasteiger partial charge in [0.2, 0.25) is 11.8 Å². The molecule has 0 unspecified atom stereocenters. The van der Waals surface area contributed by atoms with Crippen molar-refractivity contribution >= 4 is 17.5 Å². The summed E-state index contributed by atoms with van der Waals surface area (Å²) >= 11 is 0. The molecule has 25 heavy (non-hydrogen) atoms. The molecular formula is C19H20N2O4. The van der Waals surface area contributed by atoms with E-state index in [2.05, 4.69) is 10.6 Å². The number of ether oxygens (including phenoxy) is 2. The molecule has 2 N–H and O–H groups in total. The Morgan fingerprint density at radius 3 is 2.68 bits per heavy atom. The summed E-state index contributed by atoms with van der Waals surface area (Å²) in [5.74, 6) is 0.444. The third-order valence-electron chi connectivity index (χ3n) is 4.23. The maximum atomic E-state index is 12.6. The molecule has 1 atom stereocenters. The fraction of sp³-hybridized carbons (Fsp3) is 0.263. The van der Waals surface area contributed by atoms with Crippen LogP contribution in [-0.4, -0.2) is 26.0 Å². The van der Waals surface area contributed by atoms with Crippen LogP contribution in [0.3, 0.4) is 0 Å².